The molecule has 0 amide bonds. The van der Waals surface area contributed by atoms with Gasteiger partial charge in [-0.25, -0.2) is 4.67 Å². The van der Waals surface area contributed by atoms with Gasteiger partial charge in [-0.15, -0.1) is 0 Å². The van der Waals surface area contributed by atoms with Gasteiger partial charge in [-0.1, -0.05) is 88.8 Å². The van der Waals surface area contributed by atoms with E-state index in [2.05, 4.69) is 18.5 Å². The van der Waals surface area contributed by atoms with Gasteiger partial charge >= 0.3 is 0 Å². The van der Waals surface area contributed by atoms with Crippen LogP contribution in [0, 0.1) is 0 Å². The Morgan fingerprint density at radius 3 is 1.41 bits per heavy atom. The van der Waals surface area contributed by atoms with Crippen molar-refractivity contribution in [3.63, 3.8) is 0 Å². The number of nitrogens with zero attached hydrogens (tertiary/aromatic N) is 1. The lowest BCUT2D eigenvalue weighted by molar-refractivity contribution is 0.393. The summed E-state index contributed by atoms with van der Waals surface area (Å²) in [4.78, 5) is 0. The van der Waals surface area contributed by atoms with Crippen LogP contribution in [0.2, 0.25) is 0 Å². The standard InChI is InChI=1S/C24H36NOP/c1-3-5-7-15-21-25(22-16-8-6-4-2)27(26,23-17-11-9-12-18-23)24-19-13-10-14-20-24/h9-14,17-20H,3-8,15-16,21-22H2,1-2H3. The summed E-state index contributed by atoms with van der Waals surface area (Å²) in [6, 6.07) is 20.2. The summed E-state index contributed by atoms with van der Waals surface area (Å²) in [5, 5.41) is 1.92. The van der Waals surface area contributed by atoms with Crippen molar-refractivity contribution in [1.82, 2.24) is 4.67 Å². The fourth-order valence-electron chi connectivity index (χ4n) is 3.57. The first-order valence-electron chi connectivity index (χ1n) is 10.7. The first kappa shape index (κ1) is 21.9. The maximum Gasteiger partial charge on any atom is 0.207 e. The minimum Gasteiger partial charge on any atom is -0.296 e. The molecular formula is C24H36NOP. The predicted octanol–water partition coefficient (Wildman–Crippen LogP) is 6.38. The summed E-state index contributed by atoms with van der Waals surface area (Å²) in [5.74, 6) is 0. The zero-order chi connectivity index (χ0) is 19.4. The number of rotatable bonds is 13. The summed E-state index contributed by atoms with van der Waals surface area (Å²) in [6.45, 7) is 6.29. The molecule has 3 heteroatoms. The molecule has 0 saturated heterocycles. The van der Waals surface area contributed by atoms with Gasteiger partial charge in [0.2, 0.25) is 7.29 Å². The van der Waals surface area contributed by atoms with E-state index >= 15 is 0 Å². The third-order valence-corrected chi connectivity index (χ3v) is 8.34. The fraction of sp³-hybridized carbons (Fsp3) is 0.500. The first-order valence-corrected chi connectivity index (χ1v) is 12.4. The quantitative estimate of drug-likeness (QED) is 0.295. The van der Waals surface area contributed by atoms with Crippen LogP contribution in [0.3, 0.4) is 0 Å². The molecule has 0 spiro atoms. The van der Waals surface area contributed by atoms with Crippen LogP contribution in [0.15, 0.2) is 60.7 Å². The number of unbranched alkanes of at least 4 members (excludes halogenated alkanes) is 6. The molecule has 2 nitrogen and oxygen atoms in total. The Labute approximate surface area is 166 Å². The molecule has 0 N–H and O–H groups in total. The van der Waals surface area contributed by atoms with Crippen molar-refractivity contribution in [3.8, 4) is 0 Å². The maximum absolute atomic E-state index is 14.6. The maximum atomic E-state index is 14.6. The summed E-state index contributed by atoms with van der Waals surface area (Å²) >= 11 is 0. The molecule has 0 aliphatic heterocycles. The average molecular weight is 386 g/mol. The van der Waals surface area contributed by atoms with Crippen molar-refractivity contribution < 1.29 is 4.57 Å². The molecule has 148 valence electrons. The zero-order valence-corrected chi connectivity index (χ0v) is 18.0. The lowest BCUT2D eigenvalue weighted by atomic mass is 10.2. The van der Waals surface area contributed by atoms with Crippen LogP contribution in [0.25, 0.3) is 0 Å². The minimum atomic E-state index is -2.80. The second kappa shape index (κ2) is 12.2. The largest absolute Gasteiger partial charge is 0.296 e. The highest BCUT2D eigenvalue weighted by Gasteiger charge is 2.33. The van der Waals surface area contributed by atoms with E-state index < -0.39 is 7.29 Å². The van der Waals surface area contributed by atoms with E-state index in [-0.39, 0.29) is 0 Å². The van der Waals surface area contributed by atoms with E-state index in [4.69, 9.17) is 0 Å². The van der Waals surface area contributed by atoms with Crippen LogP contribution in [0.4, 0.5) is 0 Å². The first-order chi connectivity index (χ1) is 13.2. The number of hydrogen-bond donors (Lipinski definition) is 0. The molecule has 0 aliphatic rings. The molecule has 0 radical (unpaired) electrons. The van der Waals surface area contributed by atoms with Crippen molar-refractivity contribution in [2.75, 3.05) is 13.1 Å². The van der Waals surface area contributed by atoms with Crippen LogP contribution in [-0.4, -0.2) is 17.8 Å². The third-order valence-electron chi connectivity index (χ3n) is 5.15. The van der Waals surface area contributed by atoms with Gasteiger partial charge in [-0.05, 0) is 37.1 Å². The van der Waals surface area contributed by atoms with Gasteiger partial charge in [0.15, 0.2) is 0 Å². The number of hydrogen-bond acceptors (Lipinski definition) is 1. The van der Waals surface area contributed by atoms with Gasteiger partial charge in [0.05, 0.1) is 0 Å². The van der Waals surface area contributed by atoms with Crippen molar-refractivity contribution in [2.24, 2.45) is 0 Å². The summed E-state index contributed by atoms with van der Waals surface area (Å²) < 4.78 is 16.9. The van der Waals surface area contributed by atoms with E-state index in [1.165, 1.54) is 38.5 Å². The van der Waals surface area contributed by atoms with Gasteiger partial charge in [0, 0.05) is 23.7 Å². The minimum absolute atomic E-state index is 0.910. The normalized spacial score (nSPS) is 11.8. The molecule has 0 saturated carbocycles. The van der Waals surface area contributed by atoms with Gasteiger partial charge in [0.25, 0.3) is 0 Å². The smallest absolute Gasteiger partial charge is 0.207 e. The highest BCUT2D eigenvalue weighted by molar-refractivity contribution is 7.76. The molecule has 2 rings (SSSR count). The Morgan fingerprint density at radius 1 is 0.630 bits per heavy atom. The van der Waals surface area contributed by atoms with Crippen LogP contribution >= 0.6 is 7.29 Å². The van der Waals surface area contributed by atoms with Gasteiger partial charge in [-0.3, -0.25) is 4.57 Å². The lowest BCUT2D eigenvalue weighted by Crippen LogP contribution is -2.34. The second-order valence-electron chi connectivity index (χ2n) is 7.32. The van der Waals surface area contributed by atoms with E-state index in [9.17, 15) is 4.57 Å². The predicted molar refractivity (Wildman–Crippen MR) is 120 cm³/mol. The molecule has 0 unspecified atom stereocenters. The molecule has 0 aliphatic carbocycles. The average Bonchev–Trinajstić information content (AvgIpc) is 2.73. The van der Waals surface area contributed by atoms with E-state index in [0.717, 1.165) is 36.5 Å². The van der Waals surface area contributed by atoms with Crippen LogP contribution in [0.5, 0.6) is 0 Å². The molecule has 27 heavy (non-hydrogen) atoms. The molecule has 0 bridgehead atoms. The van der Waals surface area contributed by atoms with Crippen LogP contribution < -0.4 is 10.6 Å². The van der Waals surface area contributed by atoms with Gasteiger partial charge < -0.3 is 0 Å². The SMILES string of the molecule is CCCCCCN(CCCCCC)P(=O)(c1ccccc1)c1ccccc1. The molecule has 0 heterocycles. The Bertz CT molecular complexity index is 616. The Hall–Kier alpha value is -1.37. The molecule has 0 fully saturated rings. The second-order valence-corrected chi connectivity index (χ2v) is 10.1. The van der Waals surface area contributed by atoms with Crippen molar-refractivity contribution in [3.05, 3.63) is 60.7 Å². The summed E-state index contributed by atoms with van der Waals surface area (Å²) in [7, 11) is -2.80. The van der Waals surface area contributed by atoms with Crippen LogP contribution in [-0.2, 0) is 4.57 Å². The highest BCUT2D eigenvalue weighted by Crippen LogP contribution is 2.47. The molecule has 2 aromatic rings. The van der Waals surface area contributed by atoms with E-state index in [0.29, 0.717) is 0 Å². The van der Waals surface area contributed by atoms with Gasteiger partial charge in [0.1, 0.15) is 0 Å². The third kappa shape index (κ3) is 6.33. The highest BCUT2D eigenvalue weighted by atomic mass is 31.2. The van der Waals surface area contributed by atoms with Crippen molar-refractivity contribution >= 4 is 17.9 Å². The Kier molecular flexibility index (Phi) is 9.87. The number of benzene rings is 2. The van der Waals surface area contributed by atoms with Crippen LogP contribution in [0.1, 0.15) is 65.2 Å². The molecule has 0 atom stereocenters. The monoisotopic (exact) mass is 385 g/mol. The zero-order valence-electron chi connectivity index (χ0n) is 17.1. The van der Waals surface area contributed by atoms with Crippen molar-refractivity contribution in [1.29, 1.82) is 0 Å². The molecular weight excluding hydrogens is 349 g/mol. The Morgan fingerprint density at radius 2 is 1.04 bits per heavy atom. The summed E-state index contributed by atoms with van der Waals surface area (Å²) in [6.07, 6.45) is 9.62. The van der Waals surface area contributed by atoms with E-state index in [1.807, 2.05) is 60.7 Å². The molecule has 0 aromatic heterocycles. The topological polar surface area (TPSA) is 20.3 Å². The fourth-order valence-corrected chi connectivity index (χ4v) is 6.52. The van der Waals surface area contributed by atoms with Crippen molar-refractivity contribution in [2.45, 2.75) is 65.2 Å². The lowest BCUT2D eigenvalue weighted by Gasteiger charge is -2.33. The Balaban J connectivity index is 2.31. The van der Waals surface area contributed by atoms with E-state index in [1.54, 1.807) is 0 Å². The summed E-state index contributed by atoms with van der Waals surface area (Å²) in [5.41, 5.74) is 0. The molecule has 2 aromatic carbocycles. The van der Waals surface area contributed by atoms with Gasteiger partial charge in [-0.2, -0.15) is 0 Å².